The Labute approximate surface area is 315 Å². The molecule has 0 aliphatic carbocycles. The normalized spacial score (nSPS) is 10.7. The number of rotatable bonds is 6. The Morgan fingerprint density at radius 1 is 0.255 bits per heavy atom. The minimum Gasteiger partial charge on any atom is -0.397 e. The Morgan fingerprint density at radius 3 is 0.545 bits per heavy atom. The van der Waals surface area contributed by atoms with Gasteiger partial charge in [-0.1, -0.05) is 0 Å². The highest BCUT2D eigenvalue weighted by Gasteiger charge is 2.29. The number of hydrogen-bond acceptors (Lipinski definition) is 10. The third kappa shape index (κ3) is 7.26. The van der Waals surface area contributed by atoms with Crippen LogP contribution in [0.15, 0.2) is 159 Å². The van der Waals surface area contributed by atoms with Crippen LogP contribution in [0.4, 0.5) is 40.6 Å². The fraction of sp³-hybridized carbons (Fsp3) is 0. The van der Waals surface area contributed by atoms with E-state index in [0.29, 0.717) is 22.7 Å². The molecule has 9 rings (SSSR count). The monoisotopic (exact) mass is 732 g/mol. The average Bonchev–Trinajstić information content (AvgIpc) is 4.00. The fourth-order valence-corrected chi connectivity index (χ4v) is 6.14. The molecule has 0 bridgehead atoms. The number of nitrogen functional groups attached to an aromatic ring is 7. The molecule has 0 amide bonds. The van der Waals surface area contributed by atoms with Crippen molar-refractivity contribution in [2.24, 2.45) is 0 Å². The molecule has 9 aromatic rings. The summed E-state index contributed by atoms with van der Waals surface area (Å²) in [7, 11) is 0. The first kappa shape index (κ1) is 35.1. The van der Waals surface area contributed by atoms with Crippen molar-refractivity contribution in [2.45, 2.75) is 0 Å². The van der Waals surface area contributed by atoms with Crippen LogP contribution in [-0.2, 0) is 0 Å². The predicted octanol–water partition coefficient (Wildman–Crippen LogP) is 5.06. The van der Waals surface area contributed by atoms with Gasteiger partial charge in [-0.15, -0.1) is 0 Å². The van der Waals surface area contributed by atoms with E-state index >= 15 is 0 Å². The summed E-state index contributed by atoms with van der Waals surface area (Å²) in [5.74, 6) is 0.125. The third-order valence-electron chi connectivity index (χ3n) is 8.50. The van der Waals surface area contributed by atoms with Gasteiger partial charge in [-0.25, -0.2) is 0 Å². The molecular weight excluding hydrogens is 693 g/mol. The summed E-state index contributed by atoms with van der Waals surface area (Å²) in [6.07, 6.45) is 25.4. The average molecular weight is 733 g/mol. The molecule has 0 fully saturated rings. The molecule has 55 heavy (non-hydrogen) atoms. The Balaban J connectivity index is 0.000000200. The van der Waals surface area contributed by atoms with Crippen LogP contribution in [0, 0.1) is 0 Å². The van der Waals surface area contributed by atoms with Gasteiger partial charge >= 0.3 is 0 Å². The van der Waals surface area contributed by atoms with Gasteiger partial charge in [0.2, 0.25) is 17.8 Å². The van der Waals surface area contributed by atoms with Crippen LogP contribution >= 0.6 is 0 Å². The maximum atomic E-state index is 5.43. The summed E-state index contributed by atoms with van der Waals surface area (Å²) >= 11 is 0. The Hall–Kier alpha value is -8.27. The van der Waals surface area contributed by atoms with Gasteiger partial charge < -0.3 is 67.5 Å². The molecule has 16 nitrogen and oxygen atoms in total. The van der Waals surface area contributed by atoms with E-state index in [1.165, 1.54) is 0 Å². The molecule has 0 aliphatic rings. The molecule has 14 N–H and O–H groups in total. The number of nitrogens with two attached hydrogens (primary N) is 7. The molecule has 0 saturated carbocycles. The highest BCUT2D eigenvalue weighted by molar-refractivity contribution is 5.88. The number of anilines is 7. The van der Waals surface area contributed by atoms with Gasteiger partial charge in [0.15, 0.2) is 0 Å². The molecule has 276 valence electrons. The summed E-state index contributed by atoms with van der Waals surface area (Å²) in [5.41, 5.74) is 45.5. The molecule has 7 heterocycles. The summed E-state index contributed by atoms with van der Waals surface area (Å²) in [6.45, 7) is 0. The van der Waals surface area contributed by atoms with Crippen LogP contribution < -0.4 is 40.1 Å². The van der Waals surface area contributed by atoms with Gasteiger partial charge in [0, 0.05) is 74.4 Å². The molecule has 0 radical (unpaired) electrons. The first-order valence-corrected chi connectivity index (χ1v) is 17.0. The molecule has 0 saturated heterocycles. The van der Waals surface area contributed by atoms with Crippen molar-refractivity contribution in [3.05, 3.63) is 159 Å². The van der Waals surface area contributed by atoms with Crippen molar-refractivity contribution >= 4 is 40.6 Å². The number of hydrogen-bond donors (Lipinski definition) is 7. The van der Waals surface area contributed by atoms with Crippen LogP contribution in [0.3, 0.4) is 0 Å². The van der Waals surface area contributed by atoms with Crippen molar-refractivity contribution in [3.63, 3.8) is 0 Å². The SMILES string of the molecule is Nc1cc(N)c(N)cc1N.Nc1nc(N)nc(N)n1.c1ccn(-c2c(-n3cccc3)c(-n3cccc3)c(-n3cccc3)c(-n3cccc3)c2-n2cccc2)c1. The van der Waals surface area contributed by atoms with Crippen LogP contribution in [-0.4, -0.2) is 42.4 Å². The Kier molecular flexibility index (Phi) is 9.68. The lowest BCUT2D eigenvalue weighted by Gasteiger charge is -2.29. The van der Waals surface area contributed by atoms with Gasteiger partial charge in [-0.05, 0) is 84.9 Å². The van der Waals surface area contributed by atoms with Crippen molar-refractivity contribution in [1.29, 1.82) is 0 Å². The Bertz CT molecular complexity index is 2130. The summed E-state index contributed by atoms with van der Waals surface area (Å²) in [5, 5.41) is 0. The highest BCUT2D eigenvalue weighted by Crippen LogP contribution is 2.43. The highest BCUT2D eigenvalue weighted by atomic mass is 15.2. The van der Waals surface area contributed by atoms with Gasteiger partial charge in [-0.3, -0.25) is 0 Å². The van der Waals surface area contributed by atoms with E-state index in [2.05, 4.69) is 190 Å². The molecule has 0 spiro atoms. The molecular formula is C39H40N16. The van der Waals surface area contributed by atoms with Gasteiger partial charge in [-0.2, -0.15) is 15.0 Å². The number of benzene rings is 2. The summed E-state index contributed by atoms with van der Waals surface area (Å²) < 4.78 is 13.3. The van der Waals surface area contributed by atoms with E-state index in [9.17, 15) is 0 Å². The Morgan fingerprint density at radius 2 is 0.400 bits per heavy atom. The standard InChI is InChI=1S/C30H24N6.C6H10N4.C3H6N6/c1-2-14-31(13-1)25-26(32-15-3-4-16-32)28(34-19-7-8-20-34)30(36-23-11-12-24-36)29(35-21-9-10-22-35)27(25)33-17-5-6-18-33;7-3-1-4(8)6(10)2-5(3)9;4-1-7-2(5)9-3(6)8-1/h1-24H;1-2H,7-10H2;(H6,4,5,6,7,8,9). The van der Waals surface area contributed by atoms with Gasteiger partial charge in [0.25, 0.3) is 0 Å². The van der Waals surface area contributed by atoms with Crippen LogP contribution in [0.25, 0.3) is 34.1 Å². The van der Waals surface area contributed by atoms with Gasteiger partial charge in [0.05, 0.1) is 56.9 Å². The molecule has 7 aromatic heterocycles. The molecule has 0 aliphatic heterocycles. The fourth-order valence-electron chi connectivity index (χ4n) is 6.14. The van der Waals surface area contributed by atoms with E-state index in [1.54, 1.807) is 12.1 Å². The quantitative estimate of drug-likeness (QED) is 0.112. The largest absolute Gasteiger partial charge is 0.397 e. The first-order chi connectivity index (χ1) is 26.7. The topological polar surface area (TPSA) is 250 Å². The van der Waals surface area contributed by atoms with Crippen LogP contribution in [0.1, 0.15) is 0 Å². The summed E-state index contributed by atoms with van der Waals surface area (Å²) in [6, 6.07) is 28.0. The lowest BCUT2D eigenvalue weighted by molar-refractivity contribution is 0.890. The third-order valence-corrected chi connectivity index (χ3v) is 8.50. The smallest absolute Gasteiger partial charge is 0.226 e. The maximum Gasteiger partial charge on any atom is 0.226 e. The van der Waals surface area contributed by atoms with E-state index < -0.39 is 0 Å². The molecule has 2 aromatic carbocycles. The van der Waals surface area contributed by atoms with Crippen molar-refractivity contribution in [2.75, 3.05) is 40.1 Å². The molecule has 16 heteroatoms. The molecule has 0 unspecified atom stereocenters. The maximum absolute atomic E-state index is 5.43. The van der Waals surface area contributed by atoms with E-state index in [-0.39, 0.29) is 17.8 Å². The van der Waals surface area contributed by atoms with Gasteiger partial charge in [0.1, 0.15) is 0 Å². The van der Waals surface area contributed by atoms with E-state index in [4.69, 9.17) is 40.1 Å². The second-order valence-corrected chi connectivity index (χ2v) is 12.2. The van der Waals surface area contributed by atoms with Crippen LogP contribution in [0.5, 0.6) is 0 Å². The second-order valence-electron chi connectivity index (χ2n) is 12.2. The number of nitrogens with zero attached hydrogens (tertiary/aromatic N) is 9. The summed E-state index contributed by atoms with van der Waals surface area (Å²) in [4.78, 5) is 10.5. The van der Waals surface area contributed by atoms with E-state index in [0.717, 1.165) is 34.1 Å². The first-order valence-electron chi connectivity index (χ1n) is 17.0. The van der Waals surface area contributed by atoms with Crippen molar-refractivity contribution in [1.82, 2.24) is 42.4 Å². The predicted molar refractivity (Wildman–Crippen MR) is 220 cm³/mol. The lowest BCUT2D eigenvalue weighted by Crippen LogP contribution is -2.18. The lowest BCUT2D eigenvalue weighted by atomic mass is 10.1. The second kappa shape index (κ2) is 15.1. The van der Waals surface area contributed by atoms with E-state index in [1.807, 2.05) is 0 Å². The number of aromatic nitrogens is 9. The zero-order chi connectivity index (χ0) is 38.5. The van der Waals surface area contributed by atoms with Crippen molar-refractivity contribution < 1.29 is 0 Å². The molecule has 0 atom stereocenters. The minimum atomic E-state index is 0.0417. The van der Waals surface area contributed by atoms with Crippen LogP contribution in [0.2, 0.25) is 0 Å². The zero-order valence-electron chi connectivity index (χ0n) is 29.6. The zero-order valence-corrected chi connectivity index (χ0v) is 29.6. The van der Waals surface area contributed by atoms with Crippen molar-refractivity contribution in [3.8, 4) is 34.1 Å². The minimum absolute atomic E-state index is 0.0417.